The van der Waals surface area contributed by atoms with E-state index in [-0.39, 0.29) is 18.6 Å². The molecule has 0 radical (unpaired) electrons. The summed E-state index contributed by atoms with van der Waals surface area (Å²) in [7, 11) is 1.37. The van der Waals surface area contributed by atoms with Gasteiger partial charge < -0.3 is 15.2 Å². The quantitative estimate of drug-likeness (QED) is 0.467. The first-order valence-electron chi connectivity index (χ1n) is 4.32. The third-order valence-electron chi connectivity index (χ3n) is 2.23. The van der Waals surface area contributed by atoms with Crippen LogP contribution < -0.4 is 10.6 Å². The van der Waals surface area contributed by atoms with E-state index in [1.54, 1.807) is 0 Å². The summed E-state index contributed by atoms with van der Waals surface area (Å²) >= 11 is 0. The summed E-state index contributed by atoms with van der Waals surface area (Å²) < 4.78 is 4.68. The molecular formula is C8H16N2O3. The van der Waals surface area contributed by atoms with Gasteiger partial charge in [-0.3, -0.25) is 5.32 Å². The molecule has 0 saturated carbocycles. The van der Waals surface area contributed by atoms with Crippen molar-refractivity contribution in [3.63, 3.8) is 0 Å². The number of esters is 1. The number of hydrogen-bond donors (Lipinski definition) is 3. The van der Waals surface area contributed by atoms with Crippen molar-refractivity contribution in [3.8, 4) is 0 Å². The van der Waals surface area contributed by atoms with Crippen molar-refractivity contribution in [3.05, 3.63) is 0 Å². The molecule has 5 nitrogen and oxygen atoms in total. The van der Waals surface area contributed by atoms with E-state index in [1.807, 2.05) is 6.92 Å². The molecule has 1 fully saturated rings. The first-order valence-corrected chi connectivity index (χ1v) is 4.32. The Labute approximate surface area is 77.5 Å². The van der Waals surface area contributed by atoms with Crippen molar-refractivity contribution in [2.75, 3.05) is 26.8 Å². The summed E-state index contributed by atoms with van der Waals surface area (Å²) in [5, 5.41) is 14.9. The topological polar surface area (TPSA) is 70.6 Å². The highest BCUT2D eigenvalue weighted by Gasteiger charge is 2.45. The van der Waals surface area contributed by atoms with Gasteiger partial charge in [0.15, 0.2) is 0 Å². The van der Waals surface area contributed by atoms with E-state index in [9.17, 15) is 4.79 Å². The summed E-state index contributed by atoms with van der Waals surface area (Å²) in [5.41, 5.74) is -0.628. The number of carbonyl (C=O) groups is 1. The summed E-state index contributed by atoms with van der Waals surface area (Å²) in [6.45, 7) is 2.95. The second-order valence-electron chi connectivity index (χ2n) is 3.41. The average molecular weight is 188 g/mol. The van der Waals surface area contributed by atoms with Gasteiger partial charge in [0.2, 0.25) is 0 Å². The lowest BCUT2D eigenvalue weighted by Crippen LogP contribution is -2.74. The maximum atomic E-state index is 11.4. The Morgan fingerprint density at radius 2 is 2.38 bits per heavy atom. The molecule has 3 N–H and O–H groups in total. The molecule has 0 amide bonds. The largest absolute Gasteiger partial charge is 0.468 e. The fraction of sp³-hybridized carbons (Fsp3) is 0.875. The lowest BCUT2D eigenvalue weighted by molar-refractivity contribution is -0.151. The fourth-order valence-corrected chi connectivity index (χ4v) is 1.39. The second kappa shape index (κ2) is 4.04. The summed E-state index contributed by atoms with van der Waals surface area (Å²) in [6, 6.07) is -0.0961. The summed E-state index contributed by atoms with van der Waals surface area (Å²) in [5.74, 6) is -0.272. The zero-order valence-corrected chi connectivity index (χ0v) is 7.96. The van der Waals surface area contributed by atoms with Crippen molar-refractivity contribution in [1.29, 1.82) is 0 Å². The molecule has 1 heterocycles. The molecule has 1 unspecified atom stereocenters. The number of carbonyl (C=O) groups excluding carboxylic acids is 1. The Morgan fingerprint density at radius 1 is 1.77 bits per heavy atom. The minimum Gasteiger partial charge on any atom is -0.468 e. The van der Waals surface area contributed by atoms with E-state index >= 15 is 0 Å². The lowest BCUT2D eigenvalue weighted by atomic mass is 9.91. The van der Waals surface area contributed by atoms with E-state index in [4.69, 9.17) is 5.11 Å². The van der Waals surface area contributed by atoms with Crippen molar-refractivity contribution in [2.45, 2.75) is 18.5 Å². The van der Waals surface area contributed by atoms with Gasteiger partial charge in [0.1, 0.15) is 5.54 Å². The molecule has 0 aliphatic carbocycles. The first kappa shape index (κ1) is 10.4. The van der Waals surface area contributed by atoms with Gasteiger partial charge in [-0.25, -0.2) is 4.79 Å². The highest BCUT2D eigenvalue weighted by atomic mass is 16.5. The van der Waals surface area contributed by atoms with Gasteiger partial charge in [-0.15, -0.1) is 0 Å². The van der Waals surface area contributed by atoms with E-state index in [1.165, 1.54) is 7.11 Å². The van der Waals surface area contributed by atoms with Crippen molar-refractivity contribution in [1.82, 2.24) is 10.6 Å². The van der Waals surface area contributed by atoms with Crippen LogP contribution in [-0.4, -0.2) is 49.5 Å². The Kier molecular flexibility index (Phi) is 3.24. The van der Waals surface area contributed by atoms with Crippen LogP contribution in [-0.2, 0) is 9.53 Å². The predicted molar refractivity (Wildman–Crippen MR) is 47.3 cm³/mol. The molecule has 0 bridgehead atoms. The predicted octanol–water partition coefficient (Wildman–Crippen LogP) is -1.53. The normalized spacial score (nSPS) is 21.8. The number of aliphatic hydroxyl groups is 1. The van der Waals surface area contributed by atoms with Crippen LogP contribution in [0.3, 0.4) is 0 Å². The van der Waals surface area contributed by atoms with Gasteiger partial charge in [-0.05, 0) is 6.92 Å². The van der Waals surface area contributed by atoms with E-state index < -0.39 is 5.54 Å². The highest BCUT2D eigenvalue weighted by Crippen LogP contribution is 2.13. The Morgan fingerprint density at radius 3 is 2.69 bits per heavy atom. The van der Waals surface area contributed by atoms with Gasteiger partial charge >= 0.3 is 5.97 Å². The van der Waals surface area contributed by atoms with Crippen LogP contribution in [0.4, 0.5) is 0 Å². The maximum absolute atomic E-state index is 11.4. The number of nitrogens with one attached hydrogen (secondary N) is 2. The third-order valence-corrected chi connectivity index (χ3v) is 2.23. The minimum atomic E-state index is -0.628. The van der Waals surface area contributed by atoms with Gasteiger partial charge in [0, 0.05) is 19.1 Å². The minimum absolute atomic E-state index is 0.0126. The lowest BCUT2D eigenvalue weighted by Gasteiger charge is -2.42. The molecule has 5 heteroatoms. The molecule has 1 atom stereocenters. The zero-order valence-electron chi connectivity index (χ0n) is 7.96. The SMILES string of the molecule is COC(=O)C1(NC(C)CO)CNC1. The molecule has 1 saturated heterocycles. The van der Waals surface area contributed by atoms with Crippen molar-refractivity contribution < 1.29 is 14.6 Å². The van der Waals surface area contributed by atoms with E-state index in [0.29, 0.717) is 13.1 Å². The zero-order chi connectivity index (χ0) is 9.90. The number of hydrogen-bond acceptors (Lipinski definition) is 5. The van der Waals surface area contributed by atoms with E-state index in [0.717, 1.165) is 0 Å². The van der Waals surface area contributed by atoms with Crippen LogP contribution in [0, 0.1) is 0 Å². The van der Waals surface area contributed by atoms with Gasteiger partial charge in [-0.1, -0.05) is 0 Å². The van der Waals surface area contributed by atoms with Crippen molar-refractivity contribution in [2.24, 2.45) is 0 Å². The number of rotatable bonds is 4. The van der Waals surface area contributed by atoms with Crippen LogP contribution in [0.15, 0.2) is 0 Å². The van der Waals surface area contributed by atoms with E-state index in [2.05, 4.69) is 15.4 Å². The second-order valence-corrected chi connectivity index (χ2v) is 3.41. The smallest absolute Gasteiger partial charge is 0.328 e. The van der Waals surface area contributed by atoms with Crippen LogP contribution in [0.25, 0.3) is 0 Å². The molecule has 0 aromatic rings. The standard InChI is InChI=1S/C8H16N2O3/c1-6(3-11)10-8(4-9-5-8)7(12)13-2/h6,9-11H,3-5H2,1-2H3. The Bertz CT molecular complexity index is 192. The summed E-state index contributed by atoms with van der Waals surface area (Å²) in [4.78, 5) is 11.4. The van der Waals surface area contributed by atoms with Gasteiger partial charge in [0.25, 0.3) is 0 Å². The molecule has 13 heavy (non-hydrogen) atoms. The Hall–Kier alpha value is -0.650. The van der Waals surface area contributed by atoms with Gasteiger partial charge in [0.05, 0.1) is 13.7 Å². The van der Waals surface area contributed by atoms with Gasteiger partial charge in [-0.2, -0.15) is 0 Å². The Balaban J connectivity index is 2.54. The molecular weight excluding hydrogens is 172 g/mol. The molecule has 1 aliphatic rings. The molecule has 1 rings (SSSR count). The average Bonchev–Trinajstić information content (AvgIpc) is 2.09. The van der Waals surface area contributed by atoms with Crippen LogP contribution >= 0.6 is 0 Å². The molecule has 0 aromatic carbocycles. The first-order chi connectivity index (χ1) is 6.14. The molecule has 0 aromatic heterocycles. The molecule has 76 valence electrons. The molecule has 1 aliphatic heterocycles. The number of methoxy groups -OCH3 is 1. The monoisotopic (exact) mass is 188 g/mol. The number of ether oxygens (including phenoxy) is 1. The highest BCUT2D eigenvalue weighted by molar-refractivity contribution is 5.82. The fourth-order valence-electron chi connectivity index (χ4n) is 1.39. The molecule has 0 spiro atoms. The van der Waals surface area contributed by atoms with Crippen LogP contribution in [0.5, 0.6) is 0 Å². The number of aliphatic hydroxyl groups excluding tert-OH is 1. The van der Waals surface area contributed by atoms with Crippen LogP contribution in [0.1, 0.15) is 6.92 Å². The van der Waals surface area contributed by atoms with Crippen LogP contribution in [0.2, 0.25) is 0 Å². The third kappa shape index (κ3) is 1.99. The summed E-state index contributed by atoms with van der Waals surface area (Å²) in [6.07, 6.45) is 0. The maximum Gasteiger partial charge on any atom is 0.328 e. The van der Waals surface area contributed by atoms with Crippen molar-refractivity contribution >= 4 is 5.97 Å².